The third-order valence-corrected chi connectivity index (χ3v) is 8.03. The monoisotopic (exact) mass is 726 g/mol. The summed E-state index contributed by atoms with van der Waals surface area (Å²) in [6.45, 7) is 22.2. The van der Waals surface area contributed by atoms with E-state index in [-0.39, 0.29) is 30.2 Å². The molecule has 0 amide bonds. The average Bonchev–Trinajstić information content (AvgIpc) is 3.54. The minimum atomic E-state index is 0. The number of halogens is 2. The van der Waals surface area contributed by atoms with E-state index < -0.39 is 0 Å². The van der Waals surface area contributed by atoms with Crippen molar-refractivity contribution in [2.45, 2.75) is 74.4 Å². The van der Waals surface area contributed by atoms with Crippen LogP contribution in [-0.2, 0) is 23.3 Å². The molecule has 0 saturated heterocycles. The molecule has 6 rings (SSSR count). The maximum absolute atomic E-state index is 2.36. The molecule has 0 aromatic heterocycles. The van der Waals surface area contributed by atoms with E-state index >= 15 is 0 Å². The summed E-state index contributed by atoms with van der Waals surface area (Å²) in [7, 11) is 0. The number of benzene rings is 4. The SMILES string of the molecule is C[Si](C)=[Zr+2].Cc1ccc(-c2ccc(C)c3[cH-]c(C)cc23)c(C)c1.Cc1ccc(-c2cccc3[cH-]c(C(C)C)cc23)c(C)c1.[Cl-].[Cl-]. The van der Waals surface area contributed by atoms with Gasteiger partial charge in [0.25, 0.3) is 0 Å². The Hall–Kier alpha value is -2.22. The zero-order valence-corrected chi connectivity index (χ0v) is 33.5. The summed E-state index contributed by atoms with van der Waals surface area (Å²) in [5.74, 6) is 0.578. The van der Waals surface area contributed by atoms with Gasteiger partial charge in [-0.3, -0.25) is 0 Å². The Labute approximate surface area is 299 Å². The van der Waals surface area contributed by atoms with Gasteiger partial charge in [0.05, 0.1) is 0 Å². The van der Waals surface area contributed by atoms with Crippen molar-refractivity contribution in [3.05, 3.63) is 130 Å². The first kappa shape index (κ1) is 39.0. The topological polar surface area (TPSA) is 0 Å². The van der Waals surface area contributed by atoms with E-state index in [1.54, 1.807) is 23.3 Å². The summed E-state index contributed by atoms with van der Waals surface area (Å²) in [5, 5.41) is 5.49. The van der Waals surface area contributed by atoms with Crippen molar-refractivity contribution in [2.75, 3.05) is 0 Å². The third kappa shape index (κ3) is 9.65. The standard InChI is InChI=1S/C20H21.C19H19.C2H6Si.2ClH.Zr/c1-13(2)17-11-16-6-5-7-19(20(16)12-17)18-9-8-14(3)10-15(18)4;1-12-5-7-16(15(4)9-12)17-8-6-14(3)18-10-13(2)11-19(17)18;1-3-2;;;/h5-13H,1-4H3;5-11H,1-4H3;1-2H3;2*1H;/q2*-1;;;;+2/p-2. The molecule has 0 aliphatic heterocycles. The van der Waals surface area contributed by atoms with E-state index in [0.717, 1.165) is 0 Å². The van der Waals surface area contributed by atoms with Crippen LogP contribution in [0, 0.1) is 41.5 Å². The van der Waals surface area contributed by atoms with Gasteiger partial charge in [-0.25, -0.2) is 0 Å². The van der Waals surface area contributed by atoms with Gasteiger partial charge in [-0.05, 0) is 55.9 Å². The number of hydrogen-bond donors (Lipinski definition) is 0. The van der Waals surface area contributed by atoms with Gasteiger partial charge in [-0.2, -0.15) is 12.1 Å². The molecule has 0 spiro atoms. The Morgan fingerprint density at radius 2 is 1.09 bits per heavy atom. The summed E-state index contributed by atoms with van der Waals surface area (Å²) in [5.41, 5.74) is 15.1. The quantitative estimate of drug-likeness (QED) is 0.150. The number of fused-ring (bicyclic) bond motifs is 2. The first-order chi connectivity index (χ1) is 20.3. The van der Waals surface area contributed by atoms with E-state index in [4.69, 9.17) is 0 Å². The molecule has 4 heteroatoms. The number of rotatable bonds is 3. The van der Waals surface area contributed by atoms with Crippen LogP contribution in [0.5, 0.6) is 0 Å². The number of hydrogen-bond acceptors (Lipinski definition) is 0. The molecular weight excluding hydrogens is 683 g/mol. The van der Waals surface area contributed by atoms with Crippen molar-refractivity contribution in [2.24, 2.45) is 0 Å². The molecular formula is C41H46Cl2SiZr-2. The van der Waals surface area contributed by atoms with Crippen molar-refractivity contribution < 1.29 is 48.1 Å². The molecule has 6 aromatic rings. The van der Waals surface area contributed by atoms with Crippen molar-refractivity contribution >= 4 is 27.0 Å². The summed E-state index contributed by atoms with van der Waals surface area (Å²) in [6.07, 6.45) is 0. The van der Waals surface area contributed by atoms with E-state index in [1.165, 1.54) is 82.7 Å². The van der Waals surface area contributed by atoms with Crippen molar-refractivity contribution in [3.8, 4) is 22.3 Å². The summed E-state index contributed by atoms with van der Waals surface area (Å²) in [6, 6.07) is 33.8. The molecule has 0 nitrogen and oxygen atoms in total. The Balaban J connectivity index is 0.000000270. The van der Waals surface area contributed by atoms with Crippen LogP contribution in [-0.4, -0.2) is 5.43 Å². The second-order valence-electron chi connectivity index (χ2n) is 12.7. The zero-order valence-electron chi connectivity index (χ0n) is 28.5. The van der Waals surface area contributed by atoms with E-state index in [1.807, 2.05) is 0 Å². The van der Waals surface area contributed by atoms with Crippen LogP contribution in [0.2, 0.25) is 13.1 Å². The second-order valence-corrected chi connectivity index (χ2v) is 22.1. The van der Waals surface area contributed by atoms with Gasteiger partial charge >= 0.3 is 41.9 Å². The first-order valence-electron chi connectivity index (χ1n) is 15.4. The summed E-state index contributed by atoms with van der Waals surface area (Å²) >= 11 is 1.74. The Bertz CT molecular complexity index is 1900. The molecule has 0 N–H and O–H groups in total. The molecule has 0 aliphatic carbocycles. The maximum atomic E-state index is 2.36. The number of aryl methyl sites for hydroxylation is 6. The van der Waals surface area contributed by atoms with E-state index in [0.29, 0.717) is 5.92 Å². The van der Waals surface area contributed by atoms with Crippen LogP contribution < -0.4 is 24.8 Å². The van der Waals surface area contributed by atoms with Gasteiger partial charge in [0.2, 0.25) is 0 Å². The normalized spacial score (nSPS) is 10.4. The van der Waals surface area contributed by atoms with Crippen LogP contribution >= 0.6 is 0 Å². The fraction of sp³-hybridized carbons (Fsp3) is 0.268. The molecule has 0 heterocycles. The van der Waals surface area contributed by atoms with Gasteiger partial charge in [0, 0.05) is 0 Å². The van der Waals surface area contributed by atoms with Crippen molar-refractivity contribution in [1.82, 2.24) is 0 Å². The van der Waals surface area contributed by atoms with Crippen LogP contribution in [0.4, 0.5) is 0 Å². The maximum Gasteiger partial charge on any atom is -0.0249 e. The van der Waals surface area contributed by atoms with Gasteiger partial charge in [-0.1, -0.05) is 98.5 Å². The molecule has 6 aromatic carbocycles. The van der Waals surface area contributed by atoms with E-state index in [9.17, 15) is 0 Å². The van der Waals surface area contributed by atoms with E-state index in [2.05, 4.69) is 159 Å². The molecule has 0 atom stereocenters. The average molecular weight is 729 g/mol. The van der Waals surface area contributed by atoms with Gasteiger partial charge in [0.1, 0.15) is 0 Å². The minimum Gasteiger partial charge on any atom is -1.00 e. The van der Waals surface area contributed by atoms with Crippen molar-refractivity contribution in [1.29, 1.82) is 0 Å². The predicted molar refractivity (Wildman–Crippen MR) is 190 cm³/mol. The molecule has 0 bridgehead atoms. The van der Waals surface area contributed by atoms with Gasteiger partial charge in [-0.15, -0.1) is 68.6 Å². The third-order valence-electron chi connectivity index (χ3n) is 8.03. The van der Waals surface area contributed by atoms with Gasteiger partial charge < -0.3 is 24.8 Å². The molecule has 0 unspecified atom stereocenters. The summed E-state index contributed by atoms with van der Waals surface area (Å²) < 4.78 is 0. The van der Waals surface area contributed by atoms with Crippen LogP contribution in [0.1, 0.15) is 58.7 Å². The minimum absolute atomic E-state index is 0. The molecule has 234 valence electrons. The Morgan fingerprint density at radius 3 is 1.60 bits per heavy atom. The molecule has 0 aliphatic rings. The van der Waals surface area contributed by atoms with Crippen LogP contribution in [0.25, 0.3) is 43.8 Å². The Morgan fingerprint density at radius 1 is 0.578 bits per heavy atom. The van der Waals surface area contributed by atoms with Crippen molar-refractivity contribution in [3.63, 3.8) is 0 Å². The molecule has 0 radical (unpaired) electrons. The van der Waals surface area contributed by atoms with Crippen LogP contribution in [0.3, 0.4) is 0 Å². The molecule has 0 fully saturated rings. The Kier molecular flexibility index (Phi) is 14.8. The molecule has 45 heavy (non-hydrogen) atoms. The van der Waals surface area contributed by atoms with Crippen LogP contribution in [0.15, 0.2) is 91.0 Å². The van der Waals surface area contributed by atoms with Gasteiger partial charge in [0.15, 0.2) is 0 Å². The first-order valence-corrected chi connectivity index (χ1v) is 21.6. The summed E-state index contributed by atoms with van der Waals surface area (Å²) in [4.78, 5) is 0. The zero-order chi connectivity index (χ0) is 31.4. The predicted octanol–water partition coefficient (Wildman–Crippen LogP) is 6.22. The molecule has 0 saturated carbocycles. The fourth-order valence-electron chi connectivity index (χ4n) is 5.88. The second kappa shape index (κ2) is 17.1. The largest absolute Gasteiger partial charge is 1.00 e. The smallest absolute Gasteiger partial charge is 0.0249 e. The fourth-order valence-corrected chi connectivity index (χ4v) is 5.88.